The van der Waals surface area contributed by atoms with Gasteiger partial charge in [-0.25, -0.2) is 0 Å². The quantitative estimate of drug-likeness (QED) is 0.851. The molecule has 18 heavy (non-hydrogen) atoms. The fraction of sp³-hybridized carbons (Fsp3) is 0.571. The Bertz CT molecular complexity index is 449. The largest absolute Gasteiger partial charge is 0.336 e. The third-order valence-corrected chi connectivity index (χ3v) is 4.58. The maximum Gasteiger partial charge on any atom is 0.262 e. The van der Waals surface area contributed by atoms with Crippen molar-refractivity contribution in [1.82, 2.24) is 5.32 Å². The number of carbonyl (C=O) groups is 1. The van der Waals surface area contributed by atoms with Crippen molar-refractivity contribution in [2.24, 2.45) is 0 Å². The van der Waals surface area contributed by atoms with Crippen molar-refractivity contribution in [3.05, 3.63) is 21.4 Å². The Morgan fingerprint density at radius 1 is 1.50 bits per heavy atom. The van der Waals surface area contributed by atoms with Gasteiger partial charge in [0.2, 0.25) is 0 Å². The van der Waals surface area contributed by atoms with Gasteiger partial charge < -0.3 is 5.32 Å². The van der Waals surface area contributed by atoms with Crippen molar-refractivity contribution in [2.75, 3.05) is 0 Å². The molecule has 1 heterocycles. The highest BCUT2D eigenvalue weighted by Crippen LogP contribution is 2.28. The van der Waals surface area contributed by atoms with E-state index in [-0.39, 0.29) is 11.9 Å². The maximum absolute atomic E-state index is 12.0. The first kappa shape index (κ1) is 13.1. The Hall–Kier alpha value is -1.34. The lowest BCUT2D eigenvalue weighted by atomic mass is 10.1. The normalized spacial score (nSPS) is 16.2. The molecule has 0 bridgehead atoms. The van der Waals surface area contributed by atoms with E-state index in [0.29, 0.717) is 6.42 Å². The lowest BCUT2D eigenvalue weighted by Crippen LogP contribution is -2.32. The predicted octanol–water partition coefficient (Wildman–Crippen LogP) is 3.05. The standard InChI is InChI=1S/C14H18N2OS/c1-2-11(9-15)16-14(17)13-8-10-6-4-3-5-7-12(10)18-13/h8,11H,2-7H2,1H3,(H,16,17). The monoisotopic (exact) mass is 262 g/mol. The first-order valence-electron chi connectivity index (χ1n) is 6.56. The van der Waals surface area contributed by atoms with Gasteiger partial charge in [-0.15, -0.1) is 11.3 Å². The number of nitrogens with zero attached hydrogens (tertiary/aromatic N) is 1. The number of fused-ring (bicyclic) bond motifs is 1. The number of carbonyl (C=O) groups excluding carboxylic acids is 1. The summed E-state index contributed by atoms with van der Waals surface area (Å²) >= 11 is 1.60. The second-order valence-corrected chi connectivity index (χ2v) is 5.82. The molecule has 1 N–H and O–H groups in total. The van der Waals surface area contributed by atoms with Crippen LogP contribution in [0.4, 0.5) is 0 Å². The summed E-state index contributed by atoms with van der Waals surface area (Å²) in [6.07, 6.45) is 6.57. The van der Waals surface area contributed by atoms with Crippen LogP contribution in [0, 0.1) is 11.3 Å². The van der Waals surface area contributed by atoms with E-state index in [4.69, 9.17) is 5.26 Å². The molecule has 0 saturated heterocycles. The Balaban J connectivity index is 2.10. The number of amides is 1. The van der Waals surface area contributed by atoms with E-state index < -0.39 is 0 Å². The van der Waals surface area contributed by atoms with Crippen LogP contribution in [0.2, 0.25) is 0 Å². The molecular weight excluding hydrogens is 244 g/mol. The minimum atomic E-state index is -0.376. The minimum absolute atomic E-state index is 0.0959. The van der Waals surface area contributed by atoms with Gasteiger partial charge in [-0.05, 0) is 43.7 Å². The Kier molecular flexibility index (Phi) is 4.38. The van der Waals surface area contributed by atoms with Gasteiger partial charge in [0.1, 0.15) is 6.04 Å². The first-order chi connectivity index (χ1) is 8.74. The van der Waals surface area contributed by atoms with Gasteiger partial charge in [-0.2, -0.15) is 5.26 Å². The SMILES string of the molecule is CCC(C#N)NC(=O)c1cc2c(s1)CCCCC2. The molecule has 1 aliphatic carbocycles. The molecule has 1 atom stereocenters. The fourth-order valence-electron chi connectivity index (χ4n) is 2.23. The molecule has 0 fully saturated rings. The molecule has 0 aliphatic heterocycles. The number of nitrogens with one attached hydrogen (secondary N) is 1. The van der Waals surface area contributed by atoms with Crippen LogP contribution in [-0.2, 0) is 12.8 Å². The number of hydrogen-bond acceptors (Lipinski definition) is 3. The molecule has 2 rings (SSSR count). The van der Waals surface area contributed by atoms with Crippen molar-refractivity contribution in [3.63, 3.8) is 0 Å². The number of nitriles is 1. The van der Waals surface area contributed by atoms with E-state index in [2.05, 4.69) is 11.4 Å². The van der Waals surface area contributed by atoms with Crippen LogP contribution in [-0.4, -0.2) is 11.9 Å². The fourth-order valence-corrected chi connectivity index (χ4v) is 3.39. The van der Waals surface area contributed by atoms with Gasteiger partial charge in [0.05, 0.1) is 10.9 Å². The third kappa shape index (κ3) is 2.91. The van der Waals surface area contributed by atoms with Crippen LogP contribution >= 0.6 is 11.3 Å². The summed E-state index contributed by atoms with van der Waals surface area (Å²) in [6, 6.07) is 3.74. The number of thiophene rings is 1. The molecule has 96 valence electrons. The van der Waals surface area contributed by atoms with Crippen molar-refractivity contribution < 1.29 is 4.79 Å². The average molecular weight is 262 g/mol. The van der Waals surface area contributed by atoms with E-state index in [0.717, 1.165) is 17.7 Å². The van der Waals surface area contributed by atoms with Crippen LogP contribution in [0.5, 0.6) is 0 Å². The molecule has 0 spiro atoms. The third-order valence-electron chi connectivity index (χ3n) is 3.34. The van der Waals surface area contributed by atoms with E-state index in [1.54, 1.807) is 11.3 Å². The molecule has 0 saturated carbocycles. The molecule has 1 aliphatic rings. The van der Waals surface area contributed by atoms with Crippen LogP contribution in [0.1, 0.15) is 52.7 Å². The molecular formula is C14H18N2OS. The van der Waals surface area contributed by atoms with Crippen molar-refractivity contribution >= 4 is 17.2 Å². The molecule has 1 aromatic rings. The summed E-state index contributed by atoms with van der Waals surface area (Å²) in [5.41, 5.74) is 1.34. The zero-order chi connectivity index (χ0) is 13.0. The van der Waals surface area contributed by atoms with Crippen molar-refractivity contribution in [3.8, 4) is 6.07 Å². The summed E-state index contributed by atoms with van der Waals surface area (Å²) in [5, 5.41) is 11.6. The highest BCUT2D eigenvalue weighted by Gasteiger charge is 2.18. The summed E-state index contributed by atoms with van der Waals surface area (Å²) in [7, 11) is 0. The predicted molar refractivity (Wildman–Crippen MR) is 72.7 cm³/mol. The zero-order valence-electron chi connectivity index (χ0n) is 10.7. The van der Waals surface area contributed by atoms with Gasteiger partial charge >= 0.3 is 0 Å². The van der Waals surface area contributed by atoms with E-state index in [9.17, 15) is 4.79 Å². The molecule has 1 amide bonds. The molecule has 4 heteroatoms. The number of rotatable bonds is 3. The summed E-state index contributed by atoms with van der Waals surface area (Å²) < 4.78 is 0. The second kappa shape index (κ2) is 6.01. The van der Waals surface area contributed by atoms with E-state index in [1.165, 1.54) is 29.7 Å². The minimum Gasteiger partial charge on any atom is -0.336 e. The van der Waals surface area contributed by atoms with Gasteiger partial charge in [0.25, 0.3) is 5.91 Å². The Labute approximate surface area is 112 Å². The van der Waals surface area contributed by atoms with E-state index >= 15 is 0 Å². The van der Waals surface area contributed by atoms with Crippen LogP contribution in [0.15, 0.2) is 6.07 Å². The average Bonchev–Trinajstić information content (AvgIpc) is 2.67. The topological polar surface area (TPSA) is 52.9 Å². The first-order valence-corrected chi connectivity index (χ1v) is 7.38. The number of hydrogen-bond donors (Lipinski definition) is 1. The number of aryl methyl sites for hydroxylation is 2. The molecule has 1 unspecified atom stereocenters. The van der Waals surface area contributed by atoms with Gasteiger partial charge in [0.15, 0.2) is 0 Å². The molecule has 0 aromatic carbocycles. The van der Waals surface area contributed by atoms with Crippen molar-refractivity contribution in [2.45, 2.75) is 51.5 Å². The van der Waals surface area contributed by atoms with E-state index in [1.807, 2.05) is 13.0 Å². The Morgan fingerprint density at radius 2 is 2.28 bits per heavy atom. The van der Waals surface area contributed by atoms with Crippen LogP contribution < -0.4 is 5.32 Å². The molecule has 0 radical (unpaired) electrons. The maximum atomic E-state index is 12.0. The molecule has 3 nitrogen and oxygen atoms in total. The lowest BCUT2D eigenvalue weighted by Gasteiger charge is -2.07. The van der Waals surface area contributed by atoms with Gasteiger partial charge in [0, 0.05) is 4.88 Å². The van der Waals surface area contributed by atoms with Crippen LogP contribution in [0.3, 0.4) is 0 Å². The smallest absolute Gasteiger partial charge is 0.262 e. The van der Waals surface area contributed by atoms with Crippen molar-refractivity contribution in [1.29, 1.82) is 5.26 Å². The lowest BCUT2D eigenvalue weighted by molar-refractivity contribution is 0.0948. The highest BCUT2D eigenvalue weighted by atomic mass is 32.1. The Morgan fingerprint density at radius 3 is 3.00 bits per heavy atom. The van der Waals surface area contributed by atoms with Gasteiger partial charge in [-0.1, -0.05) is 13.3 Å². The summed E-state index contributed by atoms with van der Waals surface area (Å²) in [5.74, 6) is -0.0959. The van der Waals surface area contributed by atoms with Crippen LogP contribution in [0.25, 0.3) is 0 Å². The summed E-state index contributed by atoms with van der Waals surface area (Å²) in [6.45, 7) is 1.90. The second-order valence-electron chi connectivity index (χ2n) is 4.68. The summed E-state index contributed by atoms with van der Waals surface area (Å²) in [4.78, 5) is 14.1. The zero-order valence-corrected chi connectivity index (χ0v) is 11.5. The van der Waals surface area contributed by atoms with Gasteiger partial charge in [-0.3, -0.25) is 4.79 Å². The molecule has 1 aromatic heterocycles. The highest BCUT2D eigenvalue weighted by molar-refractivity contribution is 7.14.